The highest BCUT2D eigenvalue weighted by molar-refractivity contribution is 7.15. The van der Waals surface area contributed by atoms with E-state index in [1.807, 2.05) is 12.1 Å². The predicted molar refractivity (Wildman–Crippen MR) is 116 cm³/mol. The smallest absolute Gasteiger partial charge is 0.323 e. The van der Waals surface area contributed by atoms with Gasteiger partial charge in [-0.2, -0.15) is 0 Å². The molecule has 0 radical (unpaired) electrons. The van der Waals surface area contributed by atoms with Gasteiger partial charge in [0.1, 0.15) is 11.6 Å². The molecule has 0 saturated carbocycles. The average Bonchev–Trinajstić information content (AvgIpc) is 3.15. The van der Waals surface area contributed by atoms with Gasteiger partial charge in [-0.1, -0.05) is 12.1 Å². The number of carbonyl (C=O) groups is 2. The van der Waals surface area contributed by atoms with Gasteiger partial charge in [-0.3, -0.25) is 4.79 Å². The number of halogens is 2. The van der Waals surface area contributed by atoms with Gasteiger partial charge in [0.2, 0.25) is 0 Å². The van der Waals surface area contributed by atoms with Crippen LogP contribution in [0.3, 0.4) is 0 Å². The van der Waals surface area contributed by atoms with Gasteiger partial charge in [-0.25, -0.2) is 18.6 Å². The highest BCUT2D eigenvalue weighted by atomic mass is 32.1. The molecule has 0 fully saturated rings. The molecule has 0 spiro atoms. The van der Waals surface area contributed by atoms with Crippen LogP contribution in [0.1, 0.15) is 25.3 Å². The SMILES string of the molecule is CC(C)(CCc1ncc(-c2ccc(NC(=O)Nc3cc(F)cc(F)c3)cc2)s1)C(=O)O. The zero-order valence-corrected chi connectivity index (χ0v) is 17.7. The minimum Gasteiger partial charge on any atom is -0.481 e. The van der Waals surface area contributed by atoms with Crippen molar-refractivity contribution < 1.29 is 23.5 Å². The third kappa shape index (κ3) is 6.08. The number of hydrogen-bond acceptors (Lipinski definition) is 4. The zero-order chi connectivity index (χ0) is 22.6. The van der Waals surface area contributed by atoms with E-state index in [0.29, 0.717) is 18.5 Å². The third-order valence-corrected chi connectivity index (χ3v) is 5.75. The fourth-order valence-electron chi connectivity index (χ4n) is 2.72. The summed E-state index contributed by atoms with van der Waals surface area (Å²) in [6.07, 6.45) is 2.80. The third-order valence-electron chi connectivity index (χ3n) is 4.64. The van der Waals surface area contributed by atoms with Gasteiger partial charge in [0.15, 0.2) is 0 Å². The summed E-state index contributed by atoms with van der Waals surface area (Å²) in [6.45, 7) is 3.38. The summed E-state index contributed by atoms with van der Waals surface area (Å²) in [5, 5.41) is 15.0. The minimum atomic E-state index is -0.834. The van der Waals surface area contributed by atoms with E-state index in [2.05, 4.69) is 15.6 Å². The number of thiazole rings is 1. The predicted octanol–water partition coefficient (Wildman–Crippen LogP) is 5.78. The van der Waals surface area contributed by atoms with Crippen LogP contribution in [0, 0.1) is 17.0 Å². The number of urea groups is 1. The second kappa shape index (κ2) is 9.22. The average molecular weight is 445 g/mol. The van der Waals surface area contributed by atoms with Crippen molar-refractivity contribution in [2.24, 2.45) is 5.41 Å². The number of carbonyl (C=O) groups excluding carboxylic acids is 1. The molecule has 0 aliphatic heterocycles. The van der Waals surface area contributed by atoms with Crippen molar-refractivity contribution in [2.45, 2.75) is 26.7 Å². The van der Waals surface area contributed by atoms with Crippen molar-refractivity contribution in [1.29, 1.82) is 0 Å². The number of carboxylic acids is 1. The second-order valence-corrected chi connectivity index (χ2v) is 8.74. The van der Waals surface area contributed by atoms with Crippen molar-refractivity contribution >= 4 is 34.7 Å². The van der Waals surface area contributed by atoms with E-state index in [0.717, 1.165) is 33.6 Å². The molecular weight excluding hydrogens is 424 g/mol. The molecule has 0 saturated heterocycles. The Kier molecular flexibility index (Phi) is 6.65. The molecule has 3 N–H and O–H groups in total. The molecule has 0 bridgehead atoms. The van der Waals surface area contributed by atoms with Crippen molar-refractivity contribution in [3.05, 3.63) is 65.3 Å². The Morgan fingerprint density at radius 3 is 2.26 bits per heavy atom. The molecule has 0 aliphatic rings. The molecule has 162 valence electrons. The van der Waals surface area contributed by atoms with Gasteiger partial charge >= 0.3 is 12.0 Å². The highest BCUT2D eigenvalue weighted by Gasteiger charge is 2.27. The quantitative estimate of drug-likeness (QED) is 0.430. The Labute approximate surface area is 182 Å². The number of rotatable bonds is 7. The van der Waals surface area contributed by atoms with Crippen LogP contribution < -0.4 is 10.6 Å². The lowest BCUT2D eigenvalue weighted by Gasteiger charge is -2.17. The fraction of sp³-hybridized carbons (Fsp3) is 0.227. The molecule has 3 rings (SSSR count). The summed E-state index contributed by atoms with van der Waals surface area (Å²) in [5.41, 5.74) is 0.608. The molecule has 1 heterocycles. The maximum atomic E-state index is 13.2. The molecule has 2 aromatic carbocycles. The Balaban J connectivity index is 1.59. The van der Waals surface area contributed by atoms with E-state index in [1.54, 1.807) is 32.2 Å². The Morgan fingerprint density at radius 2 is 1.65 bits per heavy atom. The molecule has 1 aromatic heterocycles. The van der Waals surface area contributed by atoms with Crippen LogP contribution in [0.5, 0.6) is 0 Å². The van der Waals surface area contributed by atoms with Crippen molar-refractivity contribution in [3.8, 4) is 10.4 Å². The first-order chi connectivity index (χ1) is 14.6. The molecule has 2 amide bonds. The summed E-state index contributed by atoms with van der Waals surface area (Å²) in [5.74, 6) is -2.40. The van der Waals surface area contributed by atoms with Gasteiger partial charge in [-0.15, -0.1) is 11.3 Å². The zero-order valence-electron chi connectivity index (χ0n) is 16.9. The van der Waals surface area contributed by atoms with Gasteiger partial charge in [-0.05, 0) is 50.1 Å². The van der Waals surface area contributed by atoms with Crippen LogP contribution in [-0.4, -0.2) is 22.1 Å². The number of nitrogens with zero attached hydrogens (tertiary/aromatic N) is 1. The van der Waals surface area contributed by atoms with Crippen molar-refractivity contribution in [1.82, 2.24) is 4.98 Å². The van der Waals surface area contributed by atoms with E-state index < -0.39 is 29.0 Å². The largest absolute Gasteiger partial charge is 0.481 e. The standard InChI is InChI=1S/C22H21F2N3O3S/c1-22(2,20(28)29)8-7-19-25-12-18(31-19)13-3-5-16(6-4-13)26-21(30)27-17-10-14(23)9-15(24)11-17/h3-6,9-12H,7-8H2,1-2H3,(H,28,29)(H2,26,27,30). The molecule has 0 aliphatic carbocycles. The fourth-order valence-corrected chi connectivity index (χ4v) is 3.65. The van der Waals surface area contributed by atoms with Crippen molar-refractivity contribution in [3.63, 3.8) is 0 Å². The number of aromatic nitrogens is 1. The Bertz CT molecular complexity index is 1080. The van der Waals surface area contributed by atoms with E-state index in [9.17, 15) is 23.5 Å². The number of aliphatic carboxylic acids is 1. The number of carboxylic acid groups (broad SMARTS) is 1. The second-order valence-electron chi connectivity index (χ2n) is 7.62. The molecule has 31 heavy (non-hydrogen) atoms. The van der Waals surface area contributed by atoms with E-state index in [1.165, 1.54) is 11.3 Å². The molecule has 3 aromatic rings. The number of aryl methyl sites for hydroxylation is 1. The van der Waals surface area contributed by atoms with Crippen LogP contribution >= 0.6 is 11.3 Å². The lowest BCUT2D eigenvalue weighted by atomic mass is 9.88. The topological polar surface area (TPSA) is 91.3 Å². The number of amides is 2. The maximum Gasteiger partial charge on any atom is 0.323 e. The van der Waals surface area contributed by atoms with E-state index in [4.69, 9.17) is 0 Å². The first-order valence-electron chi connectivity index (χ1n) is 9.45. The van der Waals surface area contributed by atoms with Crippen LogP contribution in [-0.2, 0) is 11.2 Å². The van der Waals surface area contributed by atoms with Crippen LogP contribution in [0.25, 0.3) is 10.4 Å². The first kappa shape index (κ1) is 22.4. The summed E-state index contributed by atoms with van der Waals surface area (Å²) in [7, 11) is 0. The summed E-state index contributed by atoms with van der Waals surface area (Å²) in [4.78, 5) is 28.6. The lowest BCUT2D eigenvalue weighted by Crippen LogP contribution is -2.24. The highest BCUT2D eigenvalue weighted by Crippen LogP contribution is 2.30. The maximum absolute atomic E-state index is 13.2. The number of anilines is 2. The van der Waals surface area contributed by atoms with Gasteiger partial charge < -0.3 is 15.7 Å². The number of benzene rings is 2. The van der Waals surface area contributed by atoms with Crippen molar-refractivity contribution in [2.75, 3.05) is 10.6 Å². The number of nitrogens with one attached hydrogen (secondary N) is 2. The van der Waals surface area contributed by atoms with Gasteiger partial charge in [0, 0.05) is 30.1 Å². The summed E-state index contributed by atoms with van der Waals surface area (Å²) >= 11 is 1.49. The Hall–Kier alpha value is -3.33. The normalized spacial score (nSPS) is 11.2. The monoisotopic (exact) mass is 445 g/mol. The van der Waals surface area contributed by atoms with E-state index >= 15 is 0 Å². The van der Waals surface area contributed by atoms with Crippen LogP contribution in [0.4, 0.5) is 25.0 Å². The number of hydrogen-bond donors (Lipinski definition) is 3. The summed E-state index contributed by atoms with van der Waals surface area (Å²) < 4.78 is 26.4. The van der Waals surface area contributed by atoms with Gasteiger partial charge in [0.05, 0.1) is 15.3 Å². The van der Waals surface area contributed by atoms with Crippen LogP contribution in [0.2, 0.25) is 0 Å². The first-order valence-corrected chi connectivity index (χ1v) is 10.3. The molecule has 9 heteroatoms. The molecule has 0 atom stereocenters. The minimum absolute atomic E-state index is 0.00915. The van der Waals surface area contributed by atoms with Crippen LogP contribution in [0.15, 0.2) is 48.7 Å². The summed E-state index contributed by atoms with van der Waals surface area (Å²) in [6, 6.07) is 9.17. The van der Waals surface area contributed by atoms with E-state index in [-0.39, 0.29) is 5.69 Å². The molecule has 6 nitrogen and oxygen atoms in total. The molecular formula is C22H21F2N3O3S. The Morgan fingerprint density at radius 1 is 1.03 bits per heavy atom. The van der Waals surface area contributed by atoms with Gasteiger partial charge in [0.25, 0.3) is 0 Å². The molecule has 0 unspecified atom stereocenters. The lowest BCUT2D eigenvalue weighted by molar-refractivity contribution is -0.147.